The van der Waals surface area contributed by atoms with E-state index in [0.717, 1.165) is 40.5 Å². The lowest BCUT2D eigenvalue weighted by molar-refractivity contribution is 0.170. The predicted octanol–water partition coefficient (Wildman–Crippen LogP) is 3.49. The van der Waals surface area contributed by atoms with Gasteiger partial charge in [-0.2, -0.15) is 0 Å². The topological polar surface area (TPSA) is 50.9 Å². The lowest BCUT2D eigenvalue weighted by Gasteiger charge is -2.10. The second-order valence-electron chi connectivity index (χ2n) is 5.18. The summed E-state index contributed by atoms with van der Waals surface area (Å²) in [5, 5.41) is 13.3. The molecule has 1 aromatic carbocycles. The van der Waals surface area contributed by atoms with Crippen LogP contribution >= 0.6 is 11.3 Å². The predicted molar refractivity (Wildman–Crippen MR) is 85.5 cm³/mol. The average molecular weight is 301 g/mol. The summed E-state index contributed by atoms with van der Waals surface area (Å²) in [6.45, 7) is 5.02. The third-order valence-electron chi connectivity index (χ3n) is 3.53. The first-order chi connectivity index (χ1) is 10.2. The van der Waals surface area contributed by atoms with Gasteiger partial charge in [0.05, 0.1) is 21.7 Å². The van der Waals surface area contributed by atoms with E-state index >= 15 is 0 Å². The van der Waals surface area contributed by atoms with Crippen molar-refractivity contribution in [2.75, 3.05) is 0 Å². The molecule has 0 aliphatic carbocycles. The second kappa shape index (κ2) is 5.95. The monoisotopic (exact) mass is 301 g/mol. The standard InChI is InChI=1S/C16H19N3OS/c1-3-8-19-14-7-5-4-6-12(14)18-16(19)9-15(20)13-10-21-11(2)17-13/h4-7,10,15,20H,3,8-9H2,1-2H3. The fourth-order valence-corrected chi connectivity index (χ4v) is 3.22. The minimum atomic E-state index is -0.595. The van der Waals surface area contributed by atoms with E-state index < -0.39 is 6.10 Å². The van der Waals surface area contributed by atoms with Gasteiger partial charge >= 0.3 is 0 Å². The van der Waals surface area contributed by atoms with Crippen molar-refractivity contribution >= 4 is 22.4 Å². The van der Waals surface area contributed by atoms with E-state index in [1.807, 2.05) is 30.5 Å². The number of hydrogen-bond acceptors (Lipinski definition) is 4. The lowest BCUT2D eigenvalue weighted by Crippen LogP contribution is -2.09. The number of hydrogen-bond donors (Lipinski definition) is 1. The summed E-state index contributed by atoms with van der Waals surface area (Å²) in [6.07, 6.45) is 0.944. The van der Waals surface area contributed by atoms with Crippen LogP contribution in [0.1, 0.15) is 36.0 Å². The third-order valence-corrected chi connectivity index (χ3v) is 4.33. The number of imidazole rings is 1. The second-order valence-corrected chi connectivity index (χ2v) is 6.24. The van der Waals surface area contributed by atoms with Gasteiger partial charge < -0.3 is 9.67 Å². The maximum atomic E-state index is 10.4. The van der Waals surface area contributed by atoms with Crippen molar-refractivity contribution in [1.82, 2.24) is 14.5 Å². The van der Waals surface area contributed by atoms with E-state index in [4.69, 9.17) is 0 Å². The largest absolute Gasteiger partial charge is 0.386 e. The van der Waals surface area contributed by atoms with Gasteiger partial charge in [0.1, 0.15) is 11.9 Å². The Morgan fingerprint density at radius 2 is 2.10 bits per heavy atom. The molecule has 0 aliphatic rings. The van der Waals surface area contributed by atoms with Crippen molar-refractivity contribution in [1.29, 1.82) is 0 Å². The average Bonchev–Trinajstić information content (AvgIpc) is 3.04. The first kappa shape index (κ1) is 14.2. The van der Waals surface area contributed by atoms with Crippen molar-refractivity contribution in [3.05, 3.63) is 46.2 Å². The molecule has 0 spiro atoms. The molecule has 0 saturated carbocycles. The Morgan fingerprint density at radius 1 is 1.29 bits per heavy atom. The van der Waals surface area contributed by atoms with Crippen molar-refractivity contribution in [2.45, 2.75) is 39.3 Å². The molecule has 0 bridgehead atoms. The zero-order valence-corrected chi connectivity index (χ0v) is 13.1. The van der Waals surface area contributed by atoms with Crippen LogP contribution in [-0.4, -0.2) is 19.6 Å². The van der Waals surface area contributed by atoms with Crippen LogP contribution in [0.2, 0.25) is 0 Å². The van der Waals surface area contributed by atoms with Crippen LogP contribution in [0.5, 0.6) is 0 Å². The van der Waals surface area contributed by atoms with Gasteiger partial charge in [0.15, 0.2) is 0 Å². The van der Waals surface area contributed by atoms with E-state index in [1.54, 1.807) is 11.3 Å². The van der Waals surface area contributed by atoms with Gasteiger partial charge in [0.25, 0.3) is 0 Å². The molecular weight excluding hydrogens is 282 g/mol. The number of benzene rings is 1. The maximum Gasteiger partial charge on any atom is 0.112 e. The Balaban J connectivity index is 1.94. The molecule has 0 radical (unpaired) electrons. The smallest absolute Gasteiger partial charge is 0.112 e. The summed E-state index contributed by atoms with van der Waals surface area (Å²) in [4.78, 5) is 9.05. The van der Waals surface area contributed by atoms with Crippen LogP contribution in [-0.2, 0) is 13.0 Å². The molecule has 1 unspecified atom stereocenters. The Morgan fingerprint density at radius 3 is 2.81 bits per heavy atom. The van der Waals surface area contributed by atoms with Gasteiger partial charge in [0, 0.05) is 18.3 Å². The van der Waals surface area contributed by atoms with Crippen LogP contribution in [0.3, 0.4) is 0 Å². The summed E-state index contributed by atoms with van der Waals surface area (Å²) in [5.74, 6) is 0.927. The minimum absolute atomic E-state index is 0.498. The first-order valence-electron chi connectivity index (χ1n) is 7.23. The highest BCUT2D eigenvalue weighted by molar-refractivity contribution is 7.09. The highest BCUT2D eigenvalue weighted by Crippen LogP contribution is 2.23. The molecule has 110 valence electrons. The summed E-state index contributed by atoms with van der Waals surface area (Å²) < 4.78 is 2.21. The number of thiazole rings is 1. The Kier molecular flexibility index (Phi) is 4.03. The summed E-state index contributed by atoms with van der Waals surface area (Å²) >= 11 is 1.56. The maximum absolute atomic E-state index is 10.4. The van der Waals surface area contributed by atoms with E-state index in [9.17, 15) is 5.11 Å². The molecule has 3 rings (SSSR count). The van der Waals surface area contributed by atoms with E-state index in [-0.39, 0.29) is 0 Å². The van der Waals surface area contributed by atoms with Gasteiger partial charge in [-0.3, -0.25) is 0 Å². The number of aliphatic hydroxyl groups is 1. The molecule has 0 fully saturated rings. The summed E-state index contributed by atoms with van der Waals surface area (Å²) in [6, 6.07) is 8.13. The molecule has 1 N–H and O–H groups in total. The van der Waals surface area contributed by atoms with Crippen molar-refractivity contribution in [3.8, 4) is 0 Å². The molecule has 1 atom stereocenters. The zero-order valence-electron chi connectivity index (χ0n) is 12.3. The van der Waals surface area contributed by atoms with Crippen molar-refractivity contribution in [3.63, 3.8) is 0 Å². The molecule has 21 heavy (non-hydrogen) atoms. The van der Waals surface area contributed by atoms with E-state index in [2.05, 4.69) is 27.5 Å². The van der Waals surface area contributed by atoms with Crippen molar-refractivity contribution < 1.29 is 5.11 Å². The van der Waals surface area contributed by atoms with E-state index in [1.165, 1.54) is 0 Å². The fourth-order valence-electron chi connectivity index (χ4n) is 2.57. The Hall–Kier alpha value is -1.72. The number of aromatic nitrogens is 3. The molecule has 0 amide bonds. The third kappa shape index (κ3) is 2.84. The lowest BCUT2D eigenvalue weighted by atomic mass is 10.2. The first-order valence-corrected chi connectivity index (χ1v) is 8.11. The van der Waals surface area contributed by atoms with Gasteiger partial charge in [-0.25, -0.2) is 9.97 Å². The number of nitrogens with zero attached hydrogens (tertiary/aromatic N) is 3. The Bertz CT molecular complexity index is 747. The molecule has 0 aliphatic heterocycles. The van der Waals surface area contributed by atoms with Crippen molar-refractivity contribution in [2.24, 2.45) is 0 Å². The summed E-state index contributed by atoms with van der Waals surface area (Å²) in [7, 11) is 0. The van der Waals surface area contributed by atoms with E-state index in [0.29, 0.717) is 6.42 Å². The number of fused-ring (bicyclic) bond motifs is 1. The number of aryl methyl sites for hydroxylation is 2. The number of para-hydroxylation sites is 2. The van der Waals surface area contributed by atoms with Crippen LogP contribution in [0.4, 0.5) is 0 Å². The van der Waals surface area contributed by atoms with Gasteiger partial charge in [-0.05, 0) is 25.5 Å². The highest BCUT2D eigenvalue weighted by Gasteiger charge is 2.17. The van der Waals surface area contributed by atoms with Gasteiger partial charge in [0.2, 0.25) is 0 Å². The molecule has 5 heteroatoms. The summed E-state index contributed by atoms with van der Waals surface area (Å²) in [5.41, 5.74) is 2.87. The van der Waals surface area contributed by atoms with Crippen LogP contribution in [0.25, 0.3) is 11.0 Å². The number of rotatable bonds is 5. The molecule has 4 nitrogen and oxygen atoms in total. The van der Waals surface area contributed by atoms with Crippen LogP contribution in [0, 0.1) is 6.92 Å². The fraction of sp³-hybridized carbons (Fsp3) is 0.375. The SMILES string of the molecule is CCCn1c(CC(O)c2csc(C)n2)nc2ccccc21. The molecule has 2 heterocycles. The minimum Gasteiger partial charge on any atom is -0.386 e. The molecule has 2 aromatic heterocycles. The Labute approximate surface area is 128 Å². The van der Waals surface area contributed by atoms with Crippen LogP contribution < -0.4 is 0 Å². The van der Waals surface area contributed by atoms with Crippen LogP contribution in [0.15, 0.2) is 29.6 Å². The number of aliphatic hydroxyl groups excluding tert-OH is 1. The molecular formula is C16H19N3OS. The van der Waals surface area contributed by atoms with Gasteiger partial charge in [-0.1, -0.05) is 19.1 Å². The molecule has 0 saturated heterocycles. The quantitative estimate of drug-likeness (QED) is 0.785. The zero-order chi connectivity index (χ0) is 14.8. The van der Waals surface area contributed by atoms with Gasteiger partial charge in [-0.15, -0.1) is 11.3 Å². The normalized spacial score (nSPS) is 12.9. The molecule has 3 aromatic rings. The highest BCUT2D eigenvalue weighted by atomic mass is 32.1.